The largest absolute Gasteiger partial charge is 0.504 e. The maximum Gasteiger partial charge on any atom is 0.163 e. The van der Waals surface area contributed by atoms with Crippen LogP contribution in [0.15, 0.2) is 48.6 Å². The molecule has 0 heterocycles. The van der Waals surface area contributed by atoms with Crippen LogP contribution < -0.4 is 9.47 Å². The van der Waals surface area contributed by atoms with Crippen molar-refractivity contribution in [3.05, 3.63) is 65.2 Å². The summed E-state index contributed by atoms with van der Waals surface area (Å²) in [7, 11) is 3.01. The number of aromatic hydroxyl groups is 1. The minimum absolute atomic E-state index is 0.00992. The van der Waals surface area contributed by atoms with E-state index in [0.717, 1.165) is 24.0 Å². The second kappa shape index (κ2) is 12.3. The summed E-state index contributed by atoms with van der Waals surface area (Å²) in [5, 5.41) is 9.59. The van der Waals surface area contributed by atoms with E-state index in [1.165, 1.54) is 25.3 Å². The van der Waals surface area contributed by atoms with Gasteiger partial charge < -0.3 is 14.6 Å². The fraction of sp³-hybridized carbons (Fsp3) is 0.280. The third-order valence-electron chi connectivity index (χ3n) is 4.62. The number of halogens is 1. The average Bonchev–Trinajstić information content (AvgIpc) is 2.77. The molecule has 2 rings (SSSR count). The zero-order valence-electron chi connectivity index (χ0n) is 17.8. The molecular weight excluding hydrogens is 398 g/mol. The molecule has 0 aliphatic heterocycles. The van der Waals surface area contributed by atoms with Gasteiger partial charge in [-0.15, -0.1) is 0 Å². The maximum absolute atomic E-state index is 12.3. The van der Waals surface area contributed by atoms with E-state index in [0.29, 0.717) is 23.5 Å². The van der Waals surface area contributed by atoms with Crippen molar-refractivity contribution in [3.63, 3.8) is 0 Å². The van der Waals surface area contributed by atoms with E-state index in [1.807, 2.05) is 18.2 Å². The summed E-state index contributed by atoms with van der Waals surface area (Å²) in [6.45, 7) is -0.331. The van der Waals surface area contributed by atoms with Crippen molar-refractivity contribution in [2.45, 2.75) is 25.7 Å². The minimum atomic E-state index is -0.331. The highest BCUT2D eigenvalue weighted by Crippen LogP contribution is 2.27. The number of phenolic OH excluding ortho intramolecular Hbond substituents is 1. The van der Waals surface area contributed by atoms with Gasteiger partial charge in [0.15, 0.2) is 23.1 Å². The summed E-state index contributed by atoms with van der Waals surface area (Å²) in [6.07, 6.45) is 7.63. The molecule has 0 aliphatic carbocycles. The van der Waals surface area contributed by atoms with Crippen molar-refractivity contribution in [3.8, 4) is 17.2 Å². The number of aryl methyl sites for hydroxylation is 1. The zero-order valence-corrected chi connectivity index (χ0v) is 17.8. The van der Waals surface area contributed by atoms with Crippen molar-refractivity contribution in [2.75, 3.05) is 20.9 Å². The van der Waals surface area contributed by atoms with Crippen LogP contribution in [-0.2, 0) is 16.0 Å². The number of carbonyl (C=O) groups is 2. The van der Waals surface area contributed by atoms with Crippen LogP contribution in [-0.4, -0.2) is 37.6 Å². The van der Waals surface area contributed by atoms with Crippen molar-refractivity contribution in [1.82, 2.24) is 0 Å². The van der Waals surface area contributed by atoms with Gasteiger partial charge in [0.25, 0.3) is 0 Å². The number of ketones is 2. The second-order valence-electron chi connectivity index (χ2n) is 6.92. The van der Waals surface area contributed by atoms with Crippen LogP contribution in [0.5, 0.6) is 17.2 Å². The Bertz CT molecular complexity index is 962. The molecule has 0 fully saturated rings. The van der Waals surface area contributed by atoms with E-state index in [1.54, 1.807) is 31.4 Å². The molecule has 0 saturated heterocycles. The highest BCUT2D eigenvalue weighted by atomic mass is 18.2. The first-order valence-corrected chi connectivity index (χ1v) is 9.98. The Labute approximate surface area is 181 Å². The monoisotopic (exact) mass is 425 g/mol. The Kier molecular flexibility index (Phi) is 9.49. The average molecular weight is 425 g/mol. The van der Waals surface area contributed by atoms with E-state index in [4.69, 9.17) is 9.47 Å². The van der Waals surface area contributed by atoms with E-state index in [2.05, 4.69) is 0 Å². The maximum atomic E-state index is 12.3. The molecule has 2 aromatic carbocycles. The number of benzene rings is 2. The molecular formula is C25H27FO5. The highest BCUT2D eigenvalue weighted by molar-refractivity contribution is 6.10. The Balaban J connectivity index is 1.94. The summed E-state index contributed by atoms with van der Waals surface area (Å²) >= 11 is 0. The van der Waals surface area contributed by atoms with Gasteiger partial charge in [-0.2, -0.15) is 0 Å². The second-order valence-corrected chi connectivity index (χ2v) is 6.92. The molecule has 0 radical (unpaired) electrons. The molecule has 1 N–H and O–H groups in total. The van der Waals surface area contributed by atoms with Gasteiger partial charge in [-0.3, -0.25) is 14.0 Å². The predicted molar refractivity (Wildman–Crippen MR) is 119 cm³/mol. The summed E-state index contributed by atoms with van der Waals surface area (Å²) in [6, 6.07) is 10.3. The number of phenols is 1. The standard InChI is InChI=1S/C25H27FO5/c1-30-24-15-18(6-10-20(24)5-3-4-14-26)7-11-21(27)17-22(28)12-8-19-9-13-23(29)25(16-19)31-2/h6-13,15-16,29H,3-5,14,17H2,1-2H3/b11-7+,12-8+/i26-1. The van der Waals surface area contributed by atoms with Crippen LogP contribution in [0, 0.1) is 0 Å². The minimum Gasteiger partial charge on any atom is -0.504 e. The van der Waals surface area contributed by atoms with Crippen molar-refractivity contribution >= 4 is 23.7 Å². The molecule has 0 aromatic heterocycles. The first-order valence-electron chi connectivity index (χ1n) is 9.98. The van der Waals surface area contributed by atoms with Gasteiger partial charge in [0.1, 0.15) is 5.75 Å². The smallest absolute Gasteiger partial charge is 0.163 e. The van der Waals surface area contributed by atoms with Crippen LogP contribution in [0.3, 0.4) is 0 Å². The number of hydrogen-bond donors (Lipinski definition) is 1. The molecule has 0 spiro atoms. The lowest BCUT2D eigenvalue weighted by Crippen LogP contribution is -2.02. The zero-order chi connectivity index (χ0) is 22.6. The van der Waals surface area contributed by atoms with Gasteiger partial charge in [-0.25, -0.2) is 0 Å². The van der Waals surface area contributed by atoms with Crippen molar-refractivity contribution in [2.24, 2.45) is 0 Å². The van der Waals surface area contributed by atoms with Crippen LogP contribution >= 0.6 is 0 Å². The van der Waals surface area contributed by atoms with Crippen LogP contribution in [0.1, 0.15) is 36.0 Å². The van der Waals surface area contributed by atoms with Gasteiger partial charge in [-0.1, -0.05) is 30.4 Å². The quantitative estimate of drug-likeness (QED) is 0.296. The molecule has 0 aliphatic rings. The summed E-state index contributed by atoms with van der Waals surface area (Å²) in [5.74, 6) is 0.358. The Morgan fingerprint density at radius 1 is 0.903 bits per heavy atom. The molecule has 5 nitrogen and oxygen atoms in total. The van der Waals surface area contributed by atoms with Crippen LogP contribution in [0.4, 0.5) is 4.39 Å². The number of unbranched alkanes of at least 4 members (excludes halogenated alkanes) is 1. The summed E-state index contributed by atoms with van der Waals surface area (Å²) < 4.78 is 22.7. The molecule has 0 bridgehead atoms. The van der Waals surface area contributed by atoms with Crippen molar-refractivity contribution < 1.29 is 28.6 Å². The molecule has 6 heteroatoms. The van der Waals surface area contributed by atoms with E-state index in [9.17, 15) is 19.1 Å². The van der Waals surface area contributed by atoms with Crippen LogP contribution in [0.2, 0.25) is 0 Å². The summed E-state index contributed by atoms with van der Waals surface area (Å²) in [5.41, 5.74) is 2.44. The normalized spacial score (nSPS) is 11.2. The first-order chi connectivity index (χ1) is 15.0. The highest BCUT2D eigenvalue weighted by Gasteiger charge is 2.07. The van der Waals surface area contributed by atoms with Crippen molar-refractivity contribution in [1.29, 1.82) is 0 Å². The molecule has 164 valence electrons. The third-order valence-corrected chi connectivity index (χ3v) is 4.62. The lowest BCUT2D eigenvalue weighted by atomic mass is 10.0. The topological polar surface area (TPSA) is 72.8 Å². The van der Waals surface area contributed by atoms with Crippen LogP contribution in [0.25, 0.3) is 12.2 Å². The van der Waals surface area contributed by atoms with E-state index < -0.39 is 0 Å². The Morgan fingerprint density at radius 3 is 2.06 bits per heavy atom. The number of ether oxygens (including phenoxy) is 2. The van der Waals surface area contributed by atoms with E-state index >= 15 is 0 Å². The molecule has 2 aromatic rings. The Hall–Kier alpha value is -3.41. The fourth-order valence-corrected chi connectivity index (χ4v) is 2.95. The van der Waals surface area contributed by atoms with Gasteiger partial charge in [0.2, 0.25) is 0 Å². The number of alkyl halides is 1. The molecule has 0 atom stereocenters. The summed E-state index contributed by atoms with van der Waals surface area (Å²) in [4.78, 5) is 24.2. The molecule has 0 amide bonds. The third kappa shape index (κ3) is 7.74. The number of rotatable bonds is 12. The number of allylic oxidation sites excluding steroid dienone is 2. The molecule has 0 unspecified atom stereocenters. The predicted octanol–water partition coefficient (Wildman–Crippen LogP) is 4.96. The SMILES string of the molecule is COc1cc(/C=C/C(=O)CC(=O)/C=C/c2ccc(CCCC[18F])c(OC)c2)ccc1O. The lowest BCUT2D eigenvalue weighted by Gasteiger charge is -2.09. The molecule has 0 saturated carbocycles. The van der Waals surface area contributed by atoms with Gasteiger partial charge in [0, 0.05) is 0 Å². The molecule has 31 heavy (non-hydrogen) atoms. The first kappa shape index (κ1) is 23.9. The Morgan fingerprint density at radius 2 is 1.48 bits per heavy atom. The van der Waals surface area contributed by atoms with Gasteiger partial charge in [0.05, 0.1) is 27.3 Å². The fourth-order valence-electron chi connectivity index (χ4n) is 2.95. The van der Waals surface area contributed by atoms with Gasteiger partial charge >= 0.3 is 0 Å². The number of hydrogen-bond acceptors (Lipinski definition) is 5. The van der Waals surface area contributed by atoms with E-state index in [-0.39, 0.29) is 30.4 Å². The lowest BCUT2D eigenvalue weighted by molar-refractivity contribution is -0.121. The number of methoxy groups -OCH3 is 2. The van der Waals surface area contributed by atoms with Gasteiger partial charge in [-0.05, 0) is 66.3 Å². The number of carbonyl (C=O) groups excluding carboxylic acids is 2.